The van der Waals surface area contributed by atoms with Gasteiger partial charge >= 0.3 is 0 Å². The average Bonchev–Trinajstić information content (AvgIpc) is 2.64. The molecule has 2 nitrogen and oxygen atoms in total. The fraction of sp³-hybridized carbons (Fsp3) is 0.462. The Labute approximate surface area is 90.3 Å². The van der Waals surface area contributed by atoms with Crippen LogP contribution in [0.5, 0.6) is 0 Å². The van der Waals surface area contributed by atoms with Crippen LogP contribution in [0.1, 0.15) is 29.3 Å². The van der Waals surface area contributed by atoms with E-state index < -0.39 is 0 Å². The predicted octanol–water partition coefficient (Wildman–Crippen LogP) is 2.60. The second kappa shape index (κ2) is 4.15. The van der Waals surface area contributed by atoms with Crippen molar-refractivity contribution in [3.8, 4) is 0 Å². The zero-order valence-corrected chi connectivity index (χ0v) is 9.19. The molecule has 1 saturated heterocycles. The van der Waals surface area contributed by atoms with Crippen LogP contribution in [-0.2, 0) is 4.74 Å². The van der Waals surface area contributed by atoms with Gasteiger partial charge in [-0.15, -0.1) is 0 Å². The third-order valence-corrected chi connectivity index (χ3v) is 3.06. The van der Waals surface area contributed by atoms with Gasteiger partial charge < -0.3 is 4.74 Å². The Bertz CT molecular complexity index is 371. The van der Waals surface area contributed by atoms with Crippen molar-refractivity contribution >= 4 is 5.78 Å². The van der Waals surface area contributed by atoms with Crippen LogP contribution in [0, 0.1) is 12.8 Å². The van der Waals surface area contributed by atoms with Crippen molar-refractivity contribution in [2.45, 2.75) is 26.4 Å². The van der Waals surface area contributed by atoms with Crippen molar-refractivity contribution in [3.63, 3.8) is 0 Å². The number of carbonyl (C=O) groups is 1. The van der Waals surface area contributed by atoms with Crippen molar-refractivity contribution in [1.29, 1.82) is 0 Å². The molecule has 0 bridgehead atoms. The number of aryl methyl sites for hydroxylation is 1. The molecule has 0 N–H and O–H groups in total. The minimum Gasteiger partial charge on any atom is -0.370 e. The molecule has 1 heterocycles. The first-order chi connectivity index (χ1) is 7.20. The van der Waals surface area contributed by atoms with E-state index in [-0.39, 0.29) is 11.9 Å². The molecule has 2 atom stereocenters. The summed E-state index contributed by atoms with van der Waals surface area (Å²) in [5, 5.41) is 0. The summed E-state index contributed by atoms with van der Waals surface area (Å²) in [7, 11) is 0. The highest BCUT2D eigenvalue weighted by Gasteiger charge is 2.31. The van der Waals surface area contributed by atoms with Crippen LogP contribution in [0.3, 0.4) is 0 Å². The van der Waals surface area contributed by atoms with Crippen LogP contribution in [0.4, 0.5) is 0 Å². The van der Waals surface area contributed by atoms with E-state index in [1.807, 2.05) is 31.2 Å². The van der Waals surface area contributed by atoms with Gasteiger partial charge in [0.1, 0.15) is 6.10 Å². The molecule has 0 saturated carbocycles. The third-order valence-electron chi connectivity index (χ3n) is 3.06. The molecule has 0 aliphatic carbocycles. The van der Waals surface area contributed by atoms with E-state index in [0.717, 1.165) is 17.5 Å². The normalized spacial score (nSPS) is 25.5. The van der Waals surface area contributed by atoms with E-state index in [0.29, 0.717) is 12.5 Å². The molecule has 1 aromatic rings. The number of carbonyl (C=O) groups excluding carboxylic acids is 1. The Morgan fingerprint density at radius 3 is 2.73 bits per heavy atom. The SMILES string of the molecule is Cc1ccccc1C(=O)C1OCCC1C. The topological polar surface area (TPSA) is 26.3 Å². The van der Waals surface area contributed by atoms with Gasteiger partial charge in [-0.2, -0.15) is 0 Å². The predicted molar refractivity (Wildman–Crippen MR) is 59.0 cm³/mol. The van der Waals surface area contributed by atoms with Crippen molar-refractivity contribution in [1.82, 2.24) is 0 Å². The molecule has 80 valence electrons. The van der Waals surface area contributed by atoms with Crippen LogP contribution in [0.25, 0.3) is 0 Å². The number of ether oxygens (including phenoxy) is 1. The van der Waals surface area contributed by atoms with E-state index >= 15 is 0 Å². The third kappa shape index (κ3) is 1.95. The summed E-state index contributed by atoms with van der Waals surface area (Å²) in [6, 6.07) is 7.70. The van der Waals surface area contributed by atoms with Gasteiger partial charge in [-0.1, -0.05) is 31.2 Å². The molecular weight excluding hydrogens is 188 g/mol. The van der Waals surface area contributed by atoms with E-state index in [1.165, 1.54) is 0 Å². The molecule has 1 aromatic carbocycles. The van der Waals surface area contributed by atoms with E-state index in [9.17, 15) is 4.79 Å². The fourth-order valence-corrected chi connectivity index (χ4v) is 2.03. The van der Waals surface area contributed by atoms with Crippen molar-refractivity contribution in [2.24, 2.45) is 5.92 Å². The van der Waals surface area contributed by atoms with Crippen LogP contribution < -0.4 is 0 Å². The first-order valence-corrected chi connectivity index (χ1v) is 5.41. The van der Waals surface area contributed by atoms with Gasteiger partial charge in [0, 0.05) is 12.2 Å². The molecule has 1 aliphatic rings. The lowest BCUT2D eigenvalue weighted by molar-refractivity contribution is 0.0579. The number of benzene rings is 1. The highest BCUT2D eigenvalue weighted by molar-refractivity contribution is 6.01. The number of rotatable bonds is 2. The Balaban J connectivity index is 2.24. The smallest absolute Gasteiger partial charge is 0.192 e. The lowest BCUT2D eigenvalue weighted by Gasteiger charge is -2.14. The Kier molecular flexibility index (Phi) is 2.87. The van der Waals surface area contributed by atoms with Crippen LogP contribution in [-0.4, -0.2) is 18.5 Å². The first-order valence-electron chi connectivity index (χ1n) is 5.41. The molecule has 0 amide bonds. The molecule has 1 aliphatic heterocycles. The molecule has 0 aromatic heterocycles. The summed E-state index contributed by atoms with van der Waals surface area (Å²) in [6.07, 6.45) is 0.758. The van der Waals surface area contributed by atoms with Gasteiger partial charge in [0.05, 0.1) is 0 Å². The van der Waals surface area contributed by atoms with Crippen molar-refractivity contribution in [2.75, 3.05) is 6.61 Å². The first kappa shape index (κ1) is 10.4. The standard InChI is InChI=1S/C13H16O2/c1-9-5-3-4-6-11(9)12(14)13-10(2)7-8-15-13/h3-6,10,13H,7-8H2,1-2H3. The molecule has 2 unspecified atom stereocenters. The number of hydrogen-bond acceptors (Lipinski definition) is 2. The highest BCUT2D eigenvalue weighted by atomic mass is 16.5. The van der Waals surface area contributed by atoms with Crippen LogP contribution in [0.2, 0.25) is 0 Å². The van der Waals surface area contributed by atoms with E-state index in [4.69, 9.17) is 4.74 Å². The maximum Gasteiger partial charge on any atom is 0.192 e. The molecular formula is C13H16O2. The second-order valence-corrected chi connectivity index (χ2v) is 4.24. The molecule has 2 rings (SSSR count). The maximum atomic E-state index is 12.2. The average molecular weight is 204 g/mol. The molecule has 1 fully saturated rings. The van der Waals surface area contributed by atoms with E-state index in [2.05, 4.69) is 6.92 Å². The number of hydrogen-bond donors (Lipinski definition) is 0. The summed E-state index contributed by atoms with van der Waals surface area (Å²) < 4.78 is 5.49. The quantitative estimate of drug-likeness (QED) is 0.692. The Morgan fingerprint density at radius 2 is 2.13 bits per heavy atom. The number of ketones is 1. The van der Waals surface area contributed by atoms with Crippen LogP contribution >= 0.6 is 0 Å². The molecule has 2 heteroatoms. The van der Waals surface area contributed by atoms with Crippen molar-refractivity contribution < 1.29 is 9.53 Å². The van der Waals surface area contributed by atoms with Gasteiger partial charge in [-0.05, 0) is 24.8 Å². The number of Topliss-reactive ketones (excluding diaryl/α,β-unsaturated/α-hetero) is 1. The fourth-order valence-electron chi connectivity index (χ4n) is 2.03. The zero-order chi connectivity index (χ0) is 10.8. The monoisotopic (exact) mass is 204 g/mol. The summed E-state index contributed by atoms with van der Waals surface area (Å²) in [5.74, 6) is 0.482. The Hall–Kier alpha value is -1.15. The minimum atomic E-state index is -0.230. The van der Waals surface area contributed by atoms with Gasteiger partial charge in [-0.3, -0.25) is 4.79 Å². The largest absolute Gasteiger partial charge is 0.370 e. The minimum absolute atomic E-state index is 0.137. The summed E-state index contributed by atoms with van der Waals surface area (Å²) in [4.78, 5) is 12.2. The molecule has 15 heavy (non-hydrogen) atoms. The molecule has 0 radical (unpaired) electrons. The lowest BCUT2D eigenvalue weighted by atomic mass is 9.94. The lowest BCUT2D eigenvalue weighted by Crippen LogP contribution is -2.25. The second-order valence-electron chi connectivity index (χ2n) is 4.24. The zero-order valence-electron chi connectivity index (χ0n) is 9.19. The van der Waals surface area contributed by atoms with Crippen LogP contribution in [0.15, 0.2) is 24.3 Å². The highest BCUT2D eigenvalue weighted by Crippen LogP contribution is 2.24. The van der Waals surface area contributed by atoms with Gasteiger partial charge in [-0.25, -0.2) is 0 Å². The maximum absolute atomic E-state index is 12.2. The molecule has 0 spiro atoms. The Morgan fingerprint density at radius 1 is 1.40 bits per heavy atom. The van der Waals surface area contributed by atoms with E-state index in [1.54, 1.807) is 0 Å². The summed E-state index contributed by atoms with van der Waals surface area (Å²) >= 11 is 0. The van der Waals surface area contributed by atoms with Gasteiger partial charge in [0.2, 0.25) is 0 Å². The summed E-state index contributed by atoms with van der Waals surface area (Å²) in [6.45, 7) is 4.75. The summed E-state index contributed by atoms with van der Waals surface area (Å²) in [5.41, 5.74) is 1.83. The van der Waals surface area contributed by atoms with Gasteiger partial charge in [0.25, 0.3) is 0 Å². The van der Waals surface area contributed by atoms with Gasteiger partial charge in [0.15, 0.2) is 5.78 Å². The van der Waals surface area contributed by atoms with Crippen molar-refractivity contribution in [3.05, 3.63) is 35.4 Å².